The van der Waals surface area contributed by atoms with Gasteiger partial charge in [-0.3, -0.25) is 4.79 Å². The lowest BCUT2D eigenvalue weighted by molar-refractivity contribution is -0.120. The molecule has 98 valence electrons. The molecule has 1 aliphatic rings. The van der Waals surface area contributed by atoms with Crippen LogP contribution in [-0.4, -0.2) is 16.8 Å². The molecule has 1 N–H and O–H groups in total. The van der Waals surface area contributed by atoms with Crippen molar-refractivity contribution >= 4 is 23.2 Å². The Bertz CT molecular complexity index is 479. The van der Waals surface area contributed by atoms with Gasteiger partial charge in [0.1, 0.15) is 5.15 Å². The summed E-state index contributed by atoms with van der Waals surface area (Å²) in [5, 5.41) is 2.96. The van der Waals surface area contributed by atoms with Crippen LogP contribution >= 0.6 is 11.6 Å². The third-order valence-electron chi connectivity index (χ3n) is 3.11. The van der Waals surface area contributed by atoms with E-state index in [4.69, 9.17) is 11.6 Å². The third kappa shape index (κ3) is 2.96. The van der Waals surface area contributed by atoms with Crippen LogP contribution < -0.4 is 5.32 Å². The molecule has 0 saturated heterocycles. The van der Waals surface area contributed by atoms with Crippen molar-refractivity contribution in [3.05, 3.63) is 23.0 Å². The first-order chi connectivity index (χ1) is 8.37. The Labute approximate surface area is 109 Å². The van der Waals surface area contributed by atoms with Crippen molar-refractivity contribution in [3.8, 4) is 0 Å². The zero-order chi connectivity index (χ0) is 13.3. The van der Waals surface area contributed by atoms with Crippen LogP contribution in [-0.2, 0) is 4.79 Å². The number of aryl methyl sites for hydroxylation is 1. The van der Waals surface area contributed by atoms with Crippen molar-refractivity contribution in [2.75, 3.05) is 5.32 Å². The molecule has 2 rings (SSSR count). The van der Waals surface area contributed by atoms with Crippen LogP contribution in [0.4, 0.5) is 14.5 Å². The minimum Gasteiger partial charge on any atom is -0.324 e. The maximum absolute atomic E-state index is 13.0. The van der Waals surface area contributed by atoms with E-state index in [2.05, 4.69) is 10.3 Å². The molecule has 1 amide bonds. The largest absolute Gasteiger partial charge is 0.324 e. The Morgan fingerprint density at radius 2 is 2.33 bits per heavy atom. The lowest BCUT2D eigenvalue weighted by atomic mass is 10.1. The number of pyridine rings is 1. The number of hydrogen-bond acceptors (Lipinski definition) is 2. The summed E-state index contributed by atoms with van der Waals surface area (Å²) in [5.41, 5.74) is 1.27. The van der Waals surface area contributed by atoms with E-state index in [1.165, 1.54) is 6.20 Å². The molecule has 1 saturated carbocycles. The molecule has 1 atom stereocenters. The highest BCUT2D eigenvalue weighted by atomic mass is 35.5. The van der Waals surface area contributed by atoms with E-state index in [0.29, 0.717) is 10.8 Å². The third-order valence-corrected chi connectivity index (χ3v) is 3.32. The summed E-state index contributed by atoms with van der Waals surface area (Å²) < 4.78 is 26.0. The number of rotatable bonds is 2. The zero-order valence-corrected chi connectivity index (χ0v) is 10.6. The molecule has 1 fully saturated rings. The maximum Gasteiger partial charge on any atom is 0.248 e. The standard InChI is InChI=1S/C12H13ClF2N2O/c1-7-4-10(13)16-6-9(7)17-11(18)8-2-3-12(14,15)5-8/h4,6,8H,2-3,5H2,1H3,(H,17,18). The van der Waals surface area contributed by atoms with E-state index in [0.717, 1.165) is 5.56 Å². The summed E-state index contributed by atoms with van der Waals surface area (Å²) in [5.74, 6) is -3.72. The molecule has 3 nitrogen and oxygen atoms in total. The molecule has 0 radical (unpaired) electrons. The van der Waals surface area contributed by atoms with Gasteiger partial charge in [-0.1, -0.05) is 11.6 Å². The summed E-state index contributed by atoms with van der Waals surface area (Å²) in [6, 6.07) is 1.61. The number of alkyl halides is 2. The highest BCUT2D eigenvalue weighted by molar-refractivity contribution is 6.29. The Balaban J connectivity index is 2.04. The van der Waals surface area contributed by atoms with Crippen molar-refractivity contribution in [2.45, 2.75) is 32.1 Å². The van der Waals surface area contributed by atoms with E-state index in [1.54, 1.807) is 13.0 Å². The fourth-order valence-corrected chi connectivity index (χ4v) is 2.27. The SMILES string of the molecule is Cc1cc(Cl)ncc1NC(=O)C1CCC(F)(F)C1. The first-order valence-corrected chi connectivity index (χ1v) is 6.06. The van der Waals surface area contributed by atoms with Gasteiger partial charge in [-0.2, -0.15) is 0 Å². The summed E-state index contributed by atoms with van der Waals surface area (Å²) in [7, 11) is 0. The quantitative estimate of drug-likeness (QED) is 0.840. The second-order valence-corrected chi connectivity index (χ2v) is 4.99. The number of nitrogens with zero attached hydrogens (tertiary/aromatic N) is 1. The first-order valence-electron chi connectivity index (χ1n) is 5.68. The minimum absolute atomic E-state index is 0.219. The van der Waals surface area contributed by atoms with Crippen molar-refractivity contribution < 1.29 is 13.6 Å². The highest BCUT2D eigenvalue weighted by Crippen LogP contribution is 2.39. The van der Waals surface area contributed by atoms with Crippen LogP contribution in [0.25, 0.3) is 0 Å². The Morgan fingerprint density at radius 1 is 1.61 bits per heavy atom. The van der Waals surface area contributed by atoms with Gasteiger partial charge in [-0.15, -0.1) is 0 Å². The number of anilines is 1. The smallest absolute Gasteiger partial charge is 0.248 e. The average molecular weight is 275 g/mol. The molecular weight excluding hydrogens is 262 g/mol. The van der Waals surface area contributed by atoms with Crippen molar-refractivity contribution in [1.29, 1.82) is 0 Å². The van der Waals surface area contributed by atoms with Crippen LogP contribution in [0, 0.1) is 12.8 Å². The first kappa shape index (κ1) is 13.2. The average Bonchev–Trinajstić information content (AvgIpc) is 2.63. The monoisotopic (exact) mass is 274 g/mol. The molecule has 1 aromatic rings. The fraction of sp³-hybridized carbons (Fsp3) is 0.500. The normalized spacial score (nSPS) is 21.9. The van der Waals surface area contributed by atoms with Gasteiger partial charge >= 0.3 is 0 Å². The van der Waals surface area contributed by atoms with Crippen LogP contribution in [0.5, 0.6) is 0 Å². The maximum atomic E-state index is 13.0. The molecule has 18 heavy (non-hydrogen) atoms. The molecule has 1 aromatic heterocycles. The van der Waals surface area contributed by atoms with Crippen LogP contribution in [0.1, 0.15) is 24.8 Å². The Hall–Kier alpha value is -1.23. The molecule has 1 heterocycles. The topological polar surface area (TPSA) is 42.0 Å². The van der Waals surface area contributed by atoms with Gasteiger partial charge in [0.15, 0.2) is 0 Å². The van der Waals surface area contributed by atoms with Gasteiger partial charge in [0.05, 0.1) is 11.9 Å². The van der Waals surface area contributed by atoms with Crippen LogP contribution in [0.2, 0.25) is 5.15 Å². The fourth-order valence-electron chi connectivity index (χ4n) is 2.06. The Kier molecular flexibility index (Phi) is 3.52. The molecular formula is C12H13ClF2N2O. The van der Waals surface area contributed by atoms with E-state index in [-0.39, 0.29) is 25.2 Å². The van der Waals surface area contributed by atoms with Crippen LogP contribution in [0.3, 0.4) is 0 Å². The molecule has 1 aliphatic carbocycles. The van der Waals surface area contributed by atoms with Gasteiger partial charge < -0.3 is 5.32 Å². The summed E-state index contributed by atoms with van der Waals surface area (Å²) in [6.07, 6.45) is 1.06. The van der Waals surface area contributed by atoms with Gasteiger partial charge in [-0.25, -0.2) is 13.8 Å². The van der Waals surface area contributed by atoms with Crippen molar-refractivity contribution in [1.82, 2.24) is 4.98 Å². The van der Waals surface area contributed by atoms with E-state index in [1.807, 2.05) is 0 Å². The summed E-state index contributed by atoms with van der Waals surface area (Å²) >= 11 is 5.70. The van der Waals surface area contributed by atoms with Gasteiger partial charge in [0, 0.05) is 18.8 Å². The van der Waals surface area contributed by atoms with Gasteiger partial charge in [0.25, 0.3) is 0 Å². The molecule has 6 heteroatoms. The number of amides is 1. The van der Waals surface area contributed by atoms with Gasteiger partial charge in [0.2, 0.25) is 11.8 Å². The summed E-state index contributed by atoms with van der Waals surface area (Å²) in [4.78, 5) is 15.7. The number of halogens is 3. The van der Waals surface area contributed by atoms with Crippen molar-refractivity contribution in [3.63, 3.8) is 0 Å². The molecule has 1 unspecified atom stereocenters. The number of aromatic nitrogens is 1. The predicted octanol–water partition coefficient (Wildman–Crippen LogP) is 3.42. The van der Waals surface area contributed by atoms with Crippen molar-refractivity contribution in [2.24, 2.45) is 5.92 Å². The van der Waals surface area contributed by atoms with E-state index in [9.17, 15) is 13.6 Å². The zero-order valence-electron chi connectivity index (χ0n) is 9.84. The molecule has 0 aromatic carbocycles. The molecule has 0 aliphatic heterocycles. The molecule has 0 bridgehead atoms. The second kappa shape index (κ2) is 4.80. The minimum atomic E-state index is -2.71. The number of carbonyl (C=O) groups excluding carboxylic acids is 1. The summed E-state index contributed by atoms with van der Waals surface area (Å²) in [6.45, 7) is 1.77. The van der Waals surface area contributed by atoms with Crippen LogP contribution in [0.15, 0.2) is 12.3 Å². The number of nitrogens with one attached hydrogen (secondary N) is 1. The predicted molar refractivity (Wildman–Crippen MR) is 64.9 cm³/mol. The Morgan fingerprint density at radius 3 is 2.89 bits per heavy atom. The molecule has 0 spiro atoms. The lowest BCUT2D eigenvalue weighted by Crippen LogP contribution is -2.22. The van der Waals surface area contributed by atoms with E-state index < -0.39 is 11.8 Å². The lowest BCUT2D eigenvalue weighted by Gasteiger charge is -2.12. The number of hydrogen-bond donors (Lipinski definition) is 1. The number of carbonyl (C=O) groups is 1. The van der Waals surface area contributed by atoms with E-state index >= 15 is 0 Å². The van der Waals surface area contributed by atoms with Gasteiger partial charge in [-0.05, 0) is 25.0 Å². The second-order valence-electron chi connectivity index (χ2n) is 4.61. The highest BCUT2D eigenvalue weighted by Gasteiger charge is 2.42.